The summed E-state index contributed by atoms with van der Waals surface area (Å²) in [6.45, 7) is -0.131. The number of aliphatic hydroxyl groups excluding tert-OH is 2. The molecule has 0 heterocycles. The lowest BCUT2D eigenvalue weighted by Crippen LogP contribution is -2.39. The fraction of sp³-hybridized carbons (Fsp3) is 0.208. The second-order valence-corrected chi connectivity index (χ2v) is 6.63. The first-order valence-electron chi connectivity index (χ1n) is 9.29. The van der Waals surface area contributed by atoms with E-state index >= 15 is 0 Å². The predicted octanol–water partition coefficient (Wildman–Crippen LogP) is 3.31. The van der Waals surface area contributed by atoms with Gasteiger partial charge in [0.1, 0.15) is 18.0 Å². The summed E-state index contributed by atoms with van der Waals surface area (Å²) in [4.78, 5) is 10.7. The normalized spacial score (nSPS) is 13.6. The molecule has 0 aliphatic heterocycles. The molecule has 0 amide bonds. The molecule has 0 spiro atoms. The molecule has 4 heteroatoms. The summed E-state index contributed by atoms with van der Waals surface area (Å²) in [5.74, 6) is 0. The minimum absolute atomic E-state index is 0.131. The number of benzene rings is 3. The largest absolute Gasteiger partial charge is 0.390 e. The molecule has 0 unspecified atom stereocenters. The third-order valence-corrected chi connectivity index (χ3v) is 4.79. The molecule has 144 valence electrons. The average Bonchev–Trinajstić information content (AvgIpc) is 2.76. The molecule has 28 heavy (non-hydrogen) atoms. The highest BCUT2D eigenvalue weighted by Crippen LogP contribution is 2.40. The van der Waals surface area contributed by atoms with E-state index in [1.165, 1.54) is 0 Å². The summed E-state index contributed by atoms with van der Waals surface area (Å²) in [6, 6.07) is 29.3. The zero-order valence-corrected chi connectivity index (χ0v) is 15.5. The van der Waals surface area contributed by atoms with Gasteiger partial charge in [-0.1, -0.05) is 91.0 Å². The van der Waals surface area contributed by atoms with Crippen LogP contribution in [-0.4, -0.2) is 35.3 Å². The van der Waals surface area contributed by atoms with E-state index in [0.29, 0.717) is 6.29 Å². The molecule has 4 nitrogen and oxygen atoms in total. The Morgan fingerprint density at radius 2 is 1.11 bits per heavy atom. The van der Waals surface area contributed by atoms with Gasteiger partial charge < -0.3 is 19.7 Å². The fourth-order valence-electron chi connectivity index (χ4n) is 3.35. The van der Waals surface area contributed by atoms with Gasteiger partial charge in [0.25, 0.3) is 0 Å². The number of hydrogen-bond donors (Lipinski definition) is 2. The van der Waals surface area contributed by atoms with Crippen LogP contribution in [0.5, 0.6) is 0 Å². The van der Waals surface area contributed by atoms with Gasteiger partial charge in [-0.3, -0.25) is 0 Å². The number of hydrogen-bond acceptors (Lipinski definition) is 4. The highest BCUT2D eigenvalue weighted by molar-refractivity contribution is 5.50. The Labute approximate surface area is 165 Å². The van der Waals surface area contributed by atoms with Gasteiger partial charge in [-0.15, -0.1) is 0 Å². The van der Waals surface area contributed by atoms with Crippen molar-refractivity contribution >= 4 is 6.29 Å². The maximum Gasteiger partial charge on any atom is 0.143 e. The molecule has 0 saturated carbocycles. The van der Waals surface area contributed by atoms with Crippen LogP contribution in [-0.2, 0) is 15.1 Å². The Morgan fingerprint density at radius 1 is 0.714 bits per heavy atom. The van der Waals surface area contributed by atoms with Gasteiger partial charge in [0.05, 0.1) is 12.7 Å². The zero-order valence-electron chi connectivity index (χ0n) is 15.5. The lowest BCUT2D eigenvalue weighted by molar-refractivity contribution is -0.114. The summed E-state index contributed by atoms with van der Waals surface area (Å²) < 4.78 is 6.39. The number of carbonyl (C=O) groups is 1. The molecule has 0 aromatic heterocycles. The second kappa shape index (κ2) is 9.42. The van der Waals surface area contributed by atoms with E-state index in [4.69, 9.17) is 4.74 Å². The van der Waals surface area contributed by atoms with Gasteiger partial charge in [0.2, 0.25) is 0 Å². The number of aliphatic hydroxyl groups is 2. The van der Waals surface area contributed by atoms with Crippen molar-refractivity contribution in [3.8, 4) is 0 Å². The van der Waals surface area contributed by atoms with Crippen LogP contribution < -0.4 is 0 Å². The minimum Gasteiger partial charge on any atom is -0.390 e. The number of ether oxygens (including phenoxy) is 1. The molecule has 0 fully saturated rings. The van der Waals surface area contributed by atoms with Crippen LogP contribution in [0.4, 0.5) is 0 Å². The summed E-state index contributed by atoms with van der Waals surface area (Å²) >= 11 is 0. The first-order valence-corrected chi connectivity index (χ1v) is 9.29. The van der Waals surface area contributed by atoms with E-state index < -0.39 is 17.8 Å². The first kappa shape index (κ1) is 20.0. The van der Waals surface area contributed by atoms with E-state index in [1.54, 1.807) is 0 Å². The van der Waals surface area contributed by atoms with Crippen molar-refractivity contribution in [1.29, 1.82) is 0 Å². The van der Waals surface area contributed by atoms with Crippen molar-refractivity contribution in [3.05, 3.63) is 108 Å². The van der Waals surface area contributed by atoms with Gasteiger partial charge in [-0.05, 0) is 16.7 Å². The van der Waals surface area contributed by atoms with Gasteiger partial charge in [-0.25, -0.2) is 0 Å². The van der Waals surface area contributed by atoms with E-state index in [2.05, 4.69) is 0 Å². The molecular weight excluding hydrogens is 352 g/mol. The molecule has 0 aliphatic carbocycles. The smallest absolute Gasteiger partial charge is 0.143 e. The Kier molecular flexibility index (Phi) is 6.71. The Balaban J connectivity index is 2.10. The van der Waals surface area contributed by atoms with Crippen molar-refractivity contribution in [2.24, 2.45) is 0 Å². The Bertz CT molecular complexity index is 753. The van der Waals surface area contributed by atoms with E-state index in [9.17, 15) is 15.0 Å². The topological polar surface area (TPSA) is 66.8 Å². The molecule has 2 atom stereocenters. The number of carbonyl (C=O) groups excluding carboxylic acids is 1. The highest BCUT2D eigenvalue weighted by Gasteiger charge is 2.38. The molecule has 3 aromatic rings. The molecular formula is C24H24O4. The van der Waals surface area contributed by atoms with Crippen LogP contribution in [0, 0.1) is 0 Å². The number of rotatable bonds is 9. The van der Waals surface area contributed by atoms with Gasteiger partial charge in [-0.2, -0.15) is 0 Å². The van der Waals surface area contributed by atoms with Crippen molar-refractivity contribution in [3.63, 3.8) is 0 Å². The molecule has 2 N–H and O–H groups in total. The Morgan fingerprint density at radius 3 is 1.46 bits per heavy atom. The van der Waals surface area contributed by atoms with Gasteiger partial charge >= 0.3 is 0 Å². The van der Waals surface area contributed by atoms with Crippen molar-refractivity contribution < 1.29 is 19.7 Å². The lowest BCUT2D eigenvalue weighted by atomic mass is 9.80. The lowest BCUT2D eigenvalue weighted by Gasteiger charge is -2.37. The van der Waals surface area contributed by atoms with Crippen LogP contribution >= 0.6 is 0 Å². The Hall–Kier alpha value is -2.79. The number of aldehydes is 1. The molecule has 0 aliphatic rings. The van der Waals surface area contributed by atoms with Crippen molar-refractivity contribution in [2.75, 3.05) is 6.61 Å². The average molecular weight is 376 g/mol. The minimum atomic E-state index is -1.18. The summed E-state index contributed by atoms with van der Waals surface area (Å²) in [6.07, 6.45) is -1.90. The fourth-order valence-corrected chi connectivity index (χ4v) is 3.35. The molecule has 0 radical (unpaired) electrons. The standard InChI is InChI=1S/C24H24O4/c25-17-16-22(26)23(27)18-28-24(19-10-4-1-5-11-19,20-12-6-2-7-13-20)21-14-8-3-9-15-21/h1-15,17,22-23,26-27H,16,18H2/t22-,23+/m0/s1. The molecule has 3 aromatic carbocycles. The van der Waals surface area contributed by atoms with Crippen LogP contribution in [0.1, 0.15) is 23.1 Å². The van der Waals surface area contributed by atoms with Crippen LogP contribution in [0.2, 0.25) is 0 Å². The van der Waals surface area contributed by atoms with Crippen LogP contribution in [0.15, 0.2) is 91.0 Å². The summed E-state index contributed by atoms with van der Waals surface area (Å²) in [7, 11) is 0. The monoisotopic (exact) mass is 376 g/mol. The SMILES string of the molecule is O=CC[C@H](O)[C@H](O)COC(c1ccccc1)(c1ccccc1)c1ccccc1. The van der Waals surface area contributed by atoms with Gasteiger partial charge in [0, 0.05) is 6.42 Å². The highest BCUT2D eigenvalue weighted by atomic mass is 16.5. The second-order valence-electron chi connectivity index (χ2n) is 6.63. The zero-order chi connectivity index (χ0) is 19.8. The molecule has 0 bridgehead atoms. The quantitative estimate of drug-likeness (QED) is 0.444. The summed E-state index contributed by atoms with van der Waals surface area (Å²) in [5.41, 5.74) is 1.75. The van der Waals surface area contributed by atoms with E-state index in [-0.39, 0.29) is 13.0 Å². The maximum absolute atomic E-state index is 10.7. The maximum atomic E-state index is 10.7. The van der Waals surface area contributed by atoms with Crippen LogP contribution in [0.3, 0.4) is 0 Å². The first-order chi connectivity index (χ1) is 13.7. The van der Waals surface area contributed by atoms with Crippen molar-refractivity contribution in [2.45, 2.75) is 24.2 Å². The third kappa shape index (κ3) is 4.20. The van der Waals surface area contributed by atoms with Crippen LogP contribution in [0.25, 0.3) is 0 Å². The predicted molar refractivity (Wildman–Crippen MR) is 108 cm³/mol. The molecule has 0 saturated heterocycles. The van der Waals surface area contributed by atoms with Gasteiger partial charge in [0.15, 0.2) is 0 Å². The van der Waals surface area contributed by atoms with E-state index in [1.807, 2.05) is 91.0 Å². The van der Waals surface area contributed by atoms with Crippen molar-refractivity contribution in [1.82, 2.24) is 0 Å². The third-order valence-electron chi connectivity index (χ3n) is 4.79. The summed E-state index contributed by atoms with van der Waals surface area (Å²) in [5, 5.41) is 20.3. The van der Waals surface area contributed by atoms with E-state index in [0.717, 1.165) is 16.7 Å². The molecule has 3 rings (SSSR count).